The molecule has 1 fully saturated rings. The summed E-state index contributed by atoms with van der Waals surface area (Å²) in [6.07, 6.45) is 3.22. The van der Waals surface area contributed by atoms with Gasteiger partial charge in [-0.05, 0) is 44.0 Å². The molecule has 0 heterocycles. The van der Waals surface area contributed by atoms with E-state index in [9.17, 15) is 5.11 Å². The van der Waals surface area contributed by atoms with Gasteiger partial charge < -0.3 is 10.4 Å². The van der Waals surface area contributed by atoms with Crippen molar-refractivity contribution in [2.75, 3.05) is 13.2 Å². The molecule has 2 atom stereocenters. The van der Waals surface area contributed by atoms with Crippen LogP contribution in [0.4, 0.5) is 0 Å². The largest absolute Gasteiger partial charge is 0.394 e. The van der Waals surface area contributed by atoms with Gasteiger partial charge in [-0.3, -0.25) is 0 Å². The molecule has 2 rings (SSSR count). The maximum atomic E-state index is 9.58. The molecule has 1 saturated carbocycles. The number of hydrogen-bond donors (Lipinski definition) is 2. The van der Waals surface area contributed by atoms with Crippen LogP contribution >= 0.6 is 23.4 Å². The quantitative estimate of drug-likeness (QED) is 0.870. The van der Waals surface area contributed by atoms with Crippen molar-refractivity contribution in [2.24, 2.45) is 0 Å². The average Bonchev–Trinajstić information content (AvgIpc) is 2.74. The van der Waals surface area contributed by atoms with Crippen LogP contribution in [-0.2, 0) is 0 Å². The highest BCUT2D eigenvalue weighted by molar-refractivity contribution is 8.00. The zero-order valence-corrected chi connectivity index (χ0v) is 12.2. The highest BCUT2D eigenvalue weighted by atomic mass is 35.5. The Morgan fingerprint density at radius 2 is 2.39 bits per heavy atom. The third kappa shape index (κ3) is 3.41. The Labute approximate surface area is 118 Å². The van der Waals surface area contributed by atoms with E-state index in [0.29, 0.717) is 5.25 Å². The molecular formula is C14H20ClNOS. The van der Waals surface area contributed by atoms with Crippen molar-refractivity contribution in [2.45, 2.75) is 41.9 Å². The van der Waals surface area contributed by atoms with Crippen LogP contribution in [0.5, 0.6) is 0 Å². The molecule has 2 unspecified atom stereocenters. The highest BCUT2D eigenvalue weighted by Crippen LogP contribution is 2.40. The van der Waals surface area contributed by atoms with Crippen LogP contribution in [0.15, 0.2) is 29.2 Å². The third-order valence-electron chi connectivity index (χ3n) is 3.52. The molecule has 1 aromatic rings. The van der Waals surface area contributed by atoms with Gasteiger partial charge in [-0.15, -0.1) is 11.8 Å². The van der Waals surface area contributed by atoms with Gasteiger partial charge in [0.05, 0.1) is 6.61 Å². The molecule has 2 N–H and O–H groups in total. The summed E-state index contributed by atoms with van der Waals surface area (Å²) < 4.78 is 0. The van der Waals surface area contributed by atoms with E-state index in [0.717, 1.165) is 30.8 Å². The zero-order chi connectivity index (χ0) is 13.0. The molecule has 0 aromatic heterocycles. The lowest BCUT2D eigenvalue weighted by atomic mass is 9.99. The van der Waals surface area contributed by atoms with E-state index in [2.05, 4.69) is 18.3 Å². The van der Waals surface area contributed by atoms with E-state index < -0.39 is 0 Å². The second-order valence-corrected chi connectivity index (χ2v) is 6.72. The number of aliphatic hydroxyl groups excluding tert-OH is 1. The van der Waals surface area contributed by atoms with Crippen molar-refractivity contribution < 1.29 is 5.11 Å². The van der Waals surface area contributed by atoms with Gasteiger partial charge >= 0.3 is 0 Å². The second-order valence-electron chi connectivity index (χ2n) is 4.91. The van der Waals surface area contributed by atoms with Crippen LogP contribution in [0.25, 0.3) is 0 Å². The van der Waals surface area contributed by atoms with Crippen LogP contribution in [0.2, 0.25) is 5.02 Å². The number of hydrogen-bond acceptors (Lipinski definition) is 3. The molecule has 0 saturated heterocycles. The summed E-state index contributed by atoms with van der Waals surface area (Å²) in [5.41, 5.74) is -0.0645. The van der Waals surface area contributed by atoms with E-state index in [4.69, 9.17) is 11.6 Å². The minimum atomic E-state index is -0.0645. The molecule has 0 aliphatic heterocycles. The van der Waals surface area contributed by atoms with E-state index in [1.807, 2.05) is 30.0 Å². The zero-order valence-electron chi connectivity index (χ0n) is 10.7. The molecule has 1 aliphatic carbocycles. The Morgan fingerprint density at radius 1 is 1.56 bits per heavy atom. The van der Waals surface area contributed by atoms with E-state index in [-0.39, 0.29) is 12.1 Å². The normalized spacial score (nSPS) is 27.6. The van der Waals surface area contributed by atoms with Gasteiger partial charge in [0.2, 0.25) is 0 Å². The smallest absolute Gasteiger partial charge is 0.0613 e. The Bertz CT molecular complexity index is 401. The fourth-order valence-electron chi connectivity index (χ4n) is 2.65. The molecular weight excluding hydrogens is 266 g/mol. The predicted molar refractivity (Wildman–Crippen MR) is 78.4 cm³/mol. The maximum absolute atomic E-state index is 9.58. The van der Waals surface area contributed by atoms with Gasteiger partial charge in [0.25, 0.3) is 0 Å². The molecule has 1 aliphatic rings. The summed E-state index contributed by atoms with van der Waals surface area (Å²) in [6, 6.07) is 8.00. The first-order valence-electron chi connectivity index (χ1n) is 6.45. The Balaban J connectivity index is 1.96. The lowest BCUT2D eigenvalue weighted by Crippen LogP contribution is -2.46. The van der Waals surface area contributed by atoms with E-state index in [1.54, 1.807) is 0 Å². The van der Waals surface area contributed by atoms with Crippen LogP contribution in [0.3, 0.4) is 0 Å². The van der Waals surface area contributed by atoms with Gasteiger partial charge in [-0.1, -0.05) is 24.6 Å². The molecule has 0 bridgehead atoms. The van der Waals surface area contributed by atoms with Gasteiger partial charge in [-0.25, -0.2) is 0 Å². The number of benzene rings is 1. The first-order valence-corrected chi connectivity index (χ1v) is 7.71. The number of nitrogens with one attached hydrogen (secondary N) is 1. The second kappa shape index (κ2) is 6.29. The minimum absolute atomic E-state index is 0.0645. The average molecular weight is 286 g/mol. The number of aliphatic hydroxyl groups is 1. The van der Waals surface area contributed by atoms with Gasteiger partial charge in [0.15, 0.2) is 0 Å². The molecule has 1 aromatic carbocycles. The number of thioether (sulfide) groups is 1. The summed E-state index contributed by atoms with van der Waals surface area (Å²) in [4.78, 5) is 1.22. The van der Waals surface area contributed by atoms with Crippen molar-refractivity contribution >= 4 is 23.4 Å². The lowest BCUT2D eigenvalue weighted by molar-refractivity contribution is 0.167. The summed E-state index contributed by atoms with van der Waals surface area (Å²) >= 11 is 7.87. The fourth-order valence-corrected chi connectivity index (χ4v) is 4.28. The van der Waals surface area contributed by atoms with Crippen LogP contribution in [0.1, 0.15) is 26.2 Å². The summed E-state index contributed by atoms with van der Waals surface area (Å²) in [7, 11) is 0. The Morgan fingerprint density at radius 3 is 3.06 bits per heavy atom. The number of halogens is 1. The molecule has 0 spiro atoms. The van der Waals surface area contributed by atoms with Crippen molar-refractivity contribution in [3.05, 3.63) is 29.3 Å². The maximum Gasteiger partial charge on any atom is 0.0613 e. The van der Waals surface area contributed by atoms with Crippen molar-refractivity contribution in [1.82, 2.24) is 5.32 Å². The van der Waals surface area contributed by atoms with Crippen molar-refractivity contribution in [3.63, 3.8) is 0 Å². The van der Waals surface area contributed by atoms with Crippen LogP contribution in [0, 0.1) is 0 Å². The lowest BCUT2D eigenvalue weighted by Gasteiger charge is -2.28. The summed E-state index contributed by atoms with van der Waals surface area (Å²) in [6.45, 7) is 3.23. The number of likely N-dealkylation sites (N-methyl/N-ethyl adjacent to an activating group) is 1. The topological polar surface area (TPSA) is 32.3 Å². The molecule has 4 heteroatoms. The highest BCUT2D eigenvalue weighted by Gasteiger charge is 2.38. The molecule has 0 radical (unpaired) electrons. The minimum Gasteiger partial charge on any atom is -0.394 e. The van der Waals surface area contributed by atoms with Crippen LogP contribution < -0.4 is 5.32 Å². The SMILES string of the molecule is CCNC1(CO)CCC(Sc2cccc(Cl)c2)C1. The van der Waals surface area contributed by atoms with Gasteiger partial charge in [0.1, 0.15) is 0 Å². The summed E-state index contributed by atoms with van der Waals surface area (Å²) in [5.74, 6) is 0. The molecule has 18 heavy (non-hydrogen) atoms. The molecule has 100 valence electrons. The first kappa shape index (κ1) is 14.2. The fraction of sp³-hybridized carbons (Fsp3) is 0.571. The van der Waals surface area contributed by atoms with E-state index in [1.165, 1.54) is 4.90 Å². The Hall–Kier alpha value is -0.220. The van der Waals surface area contributed by atoms with Crippen molar-refractivity contribution in [1.29, 1.82) is 0 Å². The molecule has 0 amide bonds. The third-order valence-corrected chi connectivity index (χ3v) is 5.01. The Kier molecular flexibility index (Phi) is 4.96. The standard InChI is InChI=1S/C14H20ClNOS/c1-2-16-14(10-17)7-6-13(9-14)18-12-5-3-4-11(15)8-12/h3-5,8,13,16-17H,2,6-7,9-10H2,1H3. The first-order chi connectivity index (χ1) is 8.67. The van der Waals surface area contributed by atoms with Crippen molar-refractivity contribution in [3.8, 4) is 0 Å². The molecule has 2 nitrogen and oxygen atoms in total. The van der Waals surface area contributed by atoms with Gasteiger partial charge in [-0.2, -0.15) is 0 Å². The summed E-state index contributed by atoms with van der Waals surface area (Å²) in [5, 5.41) is 14.4. The predicted octanol–water partition coefficient (Wildman–Crippen LogP) is 3.33. The van der Waals surface area contributed by atoms with E-state index >= 15 is 0 Å². The van der Waals surface area contributed by atoms with Crippen LogP contribution in [-0.4, -0.2) is 29.0 Å². The van der Waals surface area contributed by atoms with Gasteiger partial charge in [0, 0.05) is 20.7 Å². The monoisotopic (exact) mass is 285 g/mol. The number of rotatable bonds is 5.